The molecule has 0 N–H and O–H groups in total. The van der Waals surface area contributed by atoms with Crippen LogP contribution >= 0.6 is 0 Å². The van der Waals surface area contributed by atoms with Gasteiger partial charge in [-0.05, 0) is 35.8 Å². The van der Waals surface area contributed by atoms with E-state index in [0.717, 1.165) is 12.7 Å². The summed E-state index contributed by atoms with van der Waals surface area (Å²) < 4.78 is 0. The molecule has 0 spiro atoms. The number of benzene rings is 1. The molecule has 0 saturated carbocycles. The second-order valence-electron chi connectivity index (χ2n) is 6.43. The average Bonchev–Trinajstić information content (AvgIpc) is 2.46. The highest BCUT2D eigenvalue weighted by molar-refractivity contribution is 5.53. The highest BCUT2D eigenvalue weighted by Gasteiger charge is 2.24. The summed E-state index contributed by atoms with van der Waals surface area (Å²) in [6.07, 6.45) is 8.18. The van der Waals surface area contributed by atoms with Gasteiger partial charge in [-0.2, -0.15) is 0 Å². The van der Waals surface area contributed by atoms with Crippen molar-refractivity contribution in [1.29, 1.82) is 0 Å². The molecule has 0 aromatic heterocycles. The van der Waals surface area contributed by atoms with E-state index in [2.05, 4.69) is 45.0 Å². The van der Waals surface area contributed by atoms with Gasteiger partial charge in [0.15, 0.2) is 0 Å². The minimum atomic E-state index is 0.114. The topological polar surface area (TPSA) is 17.1 Å². The molecular weight excluding hydrogens is 244 g/mol. The van der Waals surface area contributed by atoms with Gasteiger partial charge in [0, 0.05) is 5.92 Å². The number of rotatable bonds is 9. The first-order chi connectivity index (χ1) is 9.55. The molecule has 1 aromatic carbocycles. The van der Waals surface area contributed by atoms with Crippen LogP contribution in [0.4, 0.5) is 0 Å². The Morgan fingerprint density at radius 1 is 1.10 bits per heavy atom. The summed E-state index contributed by atoms with van der Waals surface area (Å²) in [5.41, 5.74) is 3.03. The molecule has 1 heteroatoms. The van der Waals surface area contributed by atoms with Crippen LogP contribution in [0.2, 0.25) is 0 Å². The summed E-state index contributed by atoms with van der Waals surface area (Å²) in [5, 5.41) is 0. The Hall–Kier alpha value is -1.11. The van der Waals surface area contributed by atoms with Crippen LogP contribution in [0.25, 0.3) is 0 Å². The maximum Gasteiger partial charge on any atom is 0.123 e. The molecule has 20 heavy (non-hydrogen) atoms. The number of hydrogen-bond acceptors (Lipinski definition) is 1. The van der Waals surface area contributed by atoms with Crippen molar-refractivity contribution in [1.82, 2.24) is 0 Å². The molecule has 0 saturated heterocycles. The molecule has 1 nitrogen and oxygen atoms in total. The molecule has 2 unspecified atom stereocenters. The molecule has 0 aliphatic rings. The lowest BCUT2D eigenvalue weighted by Gasteiger charge is -2.30. The minimum absolute atomic E-state index is 0.114. The Morgan fingerprint density at radius 3 is 2.25 bits per heavy atom. The van der Waals surface area contributed by atoms with Gasteiger partial charge in [-0.15, -0.1) is 0 Å². The number of unbranched alkanes of at least 4 members (excludes halogenated alkanes) is 1. The summed E-state index contributed by atoms with van der Waals surface area (Å²) in [5.74, 6) is 0.114. The van der Waals surface area contributed by atoms with Gasteiger partial charge in [0.1, 0.15) is 6.29 Å². The van der Waals surface area contributed by atoms with E-state index in [0.29, 0.717) is 5.41 Å². The minimum Gasteiger partial charge on any atom is -0.303 e. The van der Waals surface area contributed by atoms with Gasteiger partial charge in [-0.1, -0.05) is 71.2 Å². The maximum absolute atomic E-state index is 10.7. The van der Waals surface area contributed by atoms with Gasteiger partial charge in [-0.25, -0.2) is 0 Å². The SMILES string of the molecule is CCCCC(C)(CCC)c1ccc(CC(C)C=O)cc1. The zero-order valence-electron chi connectivity index (χ0n) is 13.6. The van der Waals surface area contributed by atoms with Crippen LogP contribution in [0.3, 0.4) is 0 Å². The molecular formula is C19H30O. The third-order valence-electron chi connectivity index (χ3n) is 4.32. The van der Waals surface area contributed by atoms with E-state index < -0.39 is 0 Å². The fourth-order valence-corrected chi connectivity index (χ4v) is 3.00. The smallest absolute Gasteiger partial charge is 0.123 e. The first-order valence-electron chi connectivity index (χ1n) is 8.10. The molecule has 0 aliphatic heterocycles. The van der Waals surface area contributed by atoms with Crippen LogP contribution in [0, 0.1) is 5.92 Å². The second kappa shape index (κ2) is 8.24. The second-order valence-corrected chi connectivity index (χ2v) is 6.43. The third kappa shape index (κ3) is 4.77. The predicted molar refractivity (Wildman–Crippen MR) is 87.2 cm³/mol. The van der Waals surface area contributed by atoms with Gasteiger partial charge >= 0.3 is 0 Å². The first-order valence-corrected chi connectivity index (χ1v) is 8.10. The first kappa shape index (κ1) is 16.9. The molecule has 1 aromatic rings. The molecule has 0 fully saturated rings. The molecule has 0 bridgehead atoms. The summed E-state index contributed by atoms with van der Waals surface area (Å²) in [6.45, 7) is 8.90. The quantitative estimate of drug-likeness (QED) is 0.557. The molecule has 1 rings (SSSR count). The van der Waals surface area contributed by atoms with E-state index in [4.69, 9.17) is 0 Å². The van der Waals surface area contributed by atoms with Crippen molar-refractivity contribution in [2.24, 2.45) is 5.92 Å². The van der Waals surface area contributed by atoms with Crippen LogP contribution in [0.15, 0.2) is 24.3 Å². The van der Waals surface area contributed by atoms with Crippen LogP contribution < -0.4 is 0 Å². The van der Waals surface area contributed by atoms with E-state index in [-0.39, 0.29) is 5.92 Å². The standard InChI is InChI=1S/C19H30O/c1-5-7-13-19(4,12-6-2)18-10-8-17(9-11-18)14-16(3)15-20/h8-11,15-16H,5-7,12-14H2,1-4H3. The Morgan fingerprint density at radius 2 is 1.75 bits per heavy atom. The van der Waals surface area contributed by atoms with Crippen LogP contribution in [0.5, 0.6) is 0 Å². The van der Waals surface area contributed by atoms with Crippen molar-refractivity contribution in [3.05, 3.63) is 35.4 Å². The summed E-state index contributed by atoms with van der Waals surface area (Å²) >= 11 is 0. The number of carbonyl (C=O) groups is 1. The lowest BCUT2D eigenvalue weighted by Crippen LogP contribution is -2.21. The maximum atomic E-state index is 10.7. The van der Waals surface area contributed by atoms with Crippen molar-refractivity contribution in [2.75, 3.05) is 0 Å². The van der Waals surface area contributed by atoms with E-state index in [1.54, 1.807) is 0 Å². The van der Waals surface area contributed by atoms with Crippen LogP contribution in [-0.4, -0.2) is 6.29 Å². The predicted octanol–water partition coefficient (Wildman–Crippen LogP) is 5.31. The highest BCUT2D eigenvalue weighted by atomic mass is 16.1. The zero-order chi connectivity index (χ0) is 15.0. The van der Waals surface area contributed by atoms with Crippen molar-refractivity contribution in [2.45, 2.75) is 71.6 Å². The van der Waals surface area contributed by atoms with Crippen molar-refractivity contribution in [3.8, 4) is 0 Å². The Labute approximate surface area is 124 Å². The monoisotopic (exact) mass is 274 g/mol. The molecule has 0 radical (unpaired) electrons. The van der Waals surface area contributed by atoms with E-state index in [1.807, 2.05) is 6.92 Å². The number of hydrogen-bond donors (Lipinski definition) is 0. The van der Waals surface area contributed by atoms with Gasteiger partial charge in [-0.3, -0.25) is 0 Å². The van der Waals surface area contributed by atoms with Crippen LogP contribution in [0.1, 0.15) is 70.9 Å². The molecule has 2 atom stereocenters. The van der Waals surface area contributed by atoms with Crippen LogP contribution in [-0.2, 0) is 16.6 Å². The Balaban J connectivity index is 2.84. The molecule has 0 aliphatic carbocycles. The van der Waals surface area contributed by atoms with E-state index in [9.17, 15) is 4.79 Å². The van der Waals surface area contributed by atoms with E-state index >= 15 is 0 Å². The van der Waals surface area contributed by atoms with Gasteiger partial charge < -0.3 is 4.79 Å². The lowest BCUT2D eigenvalue weighted by molar-refractivity contribution is -0.110. The lowest BCUT2D eigenvalue weighted by atomic mass is 9.74. The van der Waals surface area contributed by atoms with Gasteiger partial charge in [0.05, 0.1) is 0 Å². The summed E-state index contributed by atoms with van der Waals surface area (Å²) in [4.78, 5) is 10.7. The average molecular weight is 274 g/mol. The Bertz CT molecular complexity index is 393. The Kier molecular flexibility index (Phi) is 6.98. The largest absolute Gasteiger partial charge is 0.303 e. The number of carbonyl (C=O) groups excluding carboxylic acids is 1. The summed E-state index contributed by atoms with van der Waals surface area (Å²) in [6, 6.07) is 8.96. The molecule has 0 amide bonds. The fraction of sp³-hybridized carbons (Fsp3) is 0.632. The van der Waals surface area contributed by atoms with Crippen molar-refractivity contribution < 1.29 is 4.79 Å². The highest BCUT2D eigenvalue weighted by Crippen LogP contribution is 2.34. The van der Waals surface area contributed by atoms with Gasteiger partial charge in [0.2, 0.25) is 0 Å². The van der Waals surface area contributed by atoms with Gasteiger partial charge in [0.25, 0.3) is 0 Å². The zero-order valence-corrected chi connectivity index (χ0v) is 13.6. The van der Waals surface area contributed by atoms with E-state index in [1.165, 1.54) is 43.2 Å². The van der Waals surface area contributed by atoms with Crippen molar-refractivity contribution >= 4 is 6.29 Å². The normalized spacial score (nSPS) is 15.6. The molecule has 112 valence electrons. The number of aldehydes is 1. The fourth-order valence-electron chi connectivity index (χ4n) is 3.00. The van der Waals surface area contributed by atoms with Crippen molar-refractivity contribution in [3.63, 3.8) is 0 Å². The molecule has 0 heterocycles. The third-order valence-corrected chi connectivity index (χ3v) is 4.32. The summed E-state index contributed by atoms with van der Waals surface area (Å²) in [7, 11) is 0.